The van der Waals surface area contributed by atoms with Gasteiger partial charge >= 0.3 is 0 Å². The van der Waals surface area contributed by atoms with Gasteiger partial charge in [-0.1, -0.05) is 35.3 Å². The molecule has 19 heavy (non-hydrogen) atoms. The largest absolute Gasteiger partial charge is 0.383 e. The number of nitrogens with zero attached hydrogens (tertiary/aromatic N) is 3. The number of hydrogen-bond donors (Lipinski definition) is 2. The Bertz CT molecular complexity index is 753. The van der Waals surface area contributed by atoms with Gasteiger partial charge in [-0.05, 0) is 11.6 Å². The first-order valence-corrected chi connectivity index (χ1v) is 6.28. The van der Waals surface area contributed by atoms with E-state index in [-0.39, 0.29) is 0 Å². The molecule has 3 aromatic rings. The zero-order chi connectivity index (χ0) is 13.4. The summed E-state index contributed by atoms with van der Waals surface area (Å²) in [7, 11) is 0. The van der Waals surface area contributed by atoms with E-state index < -0.39 is 0 Å². The number of H-pyrrole nitrogens is 1. The highest BCUT2D eigenvalue weighted by molar-refractivity contribution is 6.42. The highest BCUT2D eigenvalue weighted by atomic mass is 35.5. The van der Waals surface area contributed by atoms with Crippen LogP contribution in [0.15, 0.2) is 24.5 Å². The first kappa shape index (κ1) is 12.2. The summed E-state index contributed by atoms with van der Waals surface area (Å²) >= 11 is 12.2. The van der Waals surface area contributed by atoms with Crippen LogP contribution in [-0.4, -0.2) is 20.2 Å². The van der Waals surface area contributed by atoms with Gasteiger partial charge in [-0.3, -0.25) is 5.10 Å². The molecule has 0 saturated carbocycles. The van der Waals surface area contributed by atoms with Gasteiger partial charge in [0.05, 0.1) is 21.1 Å². The Morgan fingerprint density at radius 2 is 2.05 bits per heavy atom. The van der Waals surface area contributed by atoms with Crippen LogP contribution < -0.4 is 5.73 Å². The third-order valence-corrected chi connectivity index (χ3v) is 3.71. The number of nitrogens with one attached hydrogen (secondary N) is 1. The second-order valence-corrected chi connectivity index (χ2v) is 4.83. The monoisotopic (exact) mass is 293 g/mol. The summed E-state index contributed by atoms with van der Waals surface area (Å²) in [5.41, 5.74) is 8.10. The van der Waals surface area contributed by atoms with Gasteiger partial charge in [-0.15, -0.1) is 0 Å². The normalized spacial score (nSPS) is 11.1. The fourth-order valence-corrected chi connectivity index (χ4v) is 2.33. The SMILES string of the molecule is Nc1ncnc2n[nH]c(Cc3cccc(Cl)c3Cl)c12. The Balaban J connectivity index is 2.09. The average molecular weight is 294 g/mol. The van der Waals surface area contributed by atoms with Crippen LogP contribution in [-0.2, 0) is 6.42 Å². The van der Waals surface area contributed by atoms with E-state index in [9.17, 15) is 0 Å². The van der Waals surface area contributed by atoms with Crippen molar-refractivity contribution in [1.29, 1.82) is 0 Å². The first-order chi connectivity index (χ1) is 9.16. The Morgan fingerprint density at radius 3 is 2.89 bits per heavy atom. The molecule has 0 fully saturated rings. The fourth-order valence-electron chi connectivity index (χ4n) is 1.94. The van der Waals surface area contributed by atoms with Crippen molar-refractivity contribution in [2.75, 3.05) is 5.73 Å². The lowest BCUT2D eigenvalue weighted by Gasteiger charge is -2.05. The molecule has 0 radical (unpaired) electrons. The highest BCUT2D eigenvalue weighted by Gasteiger charge is 2.13. The summed E-state index contributed by atoms with van der Waals surface area (Å²) in [6.45, 7) is 0. The molecule has 1 aromatic carbocycles. The minimum atomic E-state index is 0.395. The smallest absolute Gasteiger partial charge is 0.186 e. The van der Waals surface area contributed by atoms with Gasteiger partial charge in [0.1, 0.15) is 12.1 Å². The molecular formula is C12H9Cl2N5. The average Bonchev–Trinajstić information content (AvgIpc) is 2.80. The summed E-state index contributed by atoms with van der Waals surface area (Å²) < 4.78 is 0. The van der Waals surface area contributed by atoms with Crippen molar-refractivity contribution in [2.45, 2.75) is 6.42 Å². The Kier molecular flexibility index (Phi) is 3.00. The van der Waals surface area contributed by atoms with Gasteiger partial charge in [0, 0.05) is 6.42 Å². The van der Waals surface area contributed by atoms with Crippen LogP contribution in [0, 0.1) is 0 Å². The maximum absolute atomic E-state index is 6.17. The Hall–Kier alpha value is -1.85. The van der Waals surface area contributed by atoms with Crippen molar-refractivity contribution in [3.8, 4) is 0 Å². The van der Waals surface area contributed by atoms with Crippen LogP contribution >= 0.6 is 23.2 Å². The van der Waals surface area contributed by atoms with Gasteiger partial charge in [0.15, 0.2) is 5.65 Å². The summed E-state index contributed by atoms with van der Waals surface area (Å²) in [6.07, 6.45) is 1.92. The molecule has 7 heteroatoms. The zero-order valence-electron chi connectivity index (χ0n) is 9.69. The third-order valence-electron chi connectivity index (χ3n) is 2.85. The number of fused-ring (bicyclic) bond motifs is 1. The molecule has 3 rings (SSSR count). The minimum Gasteiger partial charge on any atom is -0.383 e. The van der Waals surface area contributed by atoms with Crippen LogP contribution in [0.25, 0.3) is 11.0 Å². The van der Waals surface area contributed by atoms with Crippen molar-refractivity contribution in [3.05, 3.63) is 45.8 Å². The lowest BCUT2D eigenvalue weighted by atomic mass is 10.1. The van der Waals surface area contributed by atoms with Crippen molar-refractivity contribution in [3.63, 3.8) is 0 Å². The maximum atomic E-state index is 6.17. The van der Waals surface area contributed by atoms with Crippen molar-refractivity contribution >= 4 is 40.1 Å². The van der Waals surface area contributed by atoms with Crippen LogP contribution in [0.4, 0.5) is 5.82 Å². The Morgan fingerprint density at radius 1 is 1.21 bits per heavy atom. The summed E-state index contributed by atoms with van der Waals surface area (Å²) in [6, 6.07) is 5.50. The molecule has 0 saturated heterocycles. The summed E-state index contributed by atoms with van der Waals surface area (Å²) in [5, 5.41) is 8.78. The van der Waals surface area contributed by atoms with Crippen LogP contribution in [0.5, 0.6) is 0 Å². The molecule has 2 aromatic heterocycles. The molecule has 3 N–H and O–H groups in total. The number of nitrogen functional groups attached to an aromatic ring is 1. The molecule has 2 heterocycles. The predicted molar refractivity (Wildman–Crippen MR) is 75.4 cm³/mol. The molecule has 0 atom stereocenters. The van der Waals surface area contributed by atoms with Crippen LogP contribution in [0.3, 0.4) is 0 Å². The standard InChI is InChI=1S/C12H9Cl2N5/c13-7-3-1-2-6(10(7)14)4-8-9-11(15)16-5-17-12(9)19-18-8/h1-3,5H,4H2,(H3,15,16,17,18,19). The molecule has 5 nitrogen and oxygen atoms in total. The van der Waals surface area contributed by atoms with Gasteiger partial charge in [-0.2, -0.15) is 5.10 Å². The molecule has 0 aliphatic heterocycles. The van der Waals surface area contributed by atoms with E-state index in [1.165, 1.54) is 6.33 Å². The number of anilines is 1. The first-order valence-electron chi connectivity index (χ1n) is 5.53. The second-order valence-electron chi connectivity index (χ2n) is 4.05. The number of halogens is 2. The fraction of sp³-hybridized carbons (Fsp3) is 0.0833. The van der Waals surface area contributed by atoms with Crippen LogP contribution in [0.1, 0.15) is 11.3 Å². The van der Waals surface area contributed by atoms with Crippen molar-refractivity contribution in [1.82, 2.24) is 20.2 Å². The van der Waals surface area contributed by atoms with Crippen LogP contribution in [0.2, 0.25) is 10.0 Å². The number of rotatable bonds is 2. The molecular weight excluding hydrogens is 285 g/mol. The van der Waals surface area contributed by atoms with E-state index in [0.717, 1.165) is 16.6 Å². The van der Waals surface area contributed by atoms with Crippen molar-refractivity contribution in [2.24, 2.45) is 0 Å². The molecule has 0 amide bonds. The predicted octanol–water partition coefficient (Wildman–Crippen LogP) is 2.83. The number of nitrogens with two attached hydrogens (primary N) is 1. The number of aromatic nitrogens is 4. The van der Waals surface area contributed by atoms with E-state index >= 15 is 0 Å². The topological polar surface area (TPSA) is 80.5 Å². The van der Waals surface area contributed by atoms with Gasteiger partial charge in [0.25, 0.3) is 0 Å². The quantitative estimate of drug-likeness (QED) is 0.761. The molecule has 0 aliphatic rings. The van der Waals surface area contributed by atoms with Gasteiger partial charge in [0.2, 0.25) is 0 Å². The van der Waals surface area contributed by atoms with E-state index in [1.54, 1.807) is 6.07 Å². The van der Waals surface area contributed by atoms with Crippen molar-refractivity contribution < 1.29 is 0 Å². The minimum absolute atomic E-state index is 0.395. The van der Waals surface area contributed by atoms with Gasteiger partial charge < -0.3 is 5.73 Å². The van der Waals surface area contributed by atoms with E-state index in [1.807, 2.05) is 12.1 Å². The third kappa shape index (κ3) is 2.11. The van der Waals surface area contributed by atoms with E-state index in [0.29, 0.717) is 27.9 Å². The van der Waals surface area contributed by atoms with E-state index in [4.69, 9.17) is 28.9 Å². The molecule has 96 valence electrons. The summed E-state index contributed by atoms with van der Waals surface area (Å²) in [5.74, 6) is 0.395. The lowest BCUT2D eigenvalue weighted by Crippen LogP contribution is -1.96. The second kappa shape index (κ2) is 4.68. The summed E-state index contributed by atoms with van der Waals surface area (Å²) in [4.78, 5) is 8.02. The molecule has 0 spiro atoms. The lowest BCUT2D eigenvalue weighted by molar-refractivity contribution is 1.00. The van der Waals surface area contributed by atoms with Gasteiger partial charge in [-0.25, -0.2) is 9.97 Å². The molecule has 0 unspecified atom stereocenters. The maximum Gasteiger partial charge on any atom is 0.186 e. The zero-order valence-corrected chi connectivity index (χ0v) is 11.2. The number of aromatic amines is 1. The number of benzene rings is 1. The Labute approximate surface area is 118 Å². The molecule has 0 bridgehead atoms. The highest BCUT2D eigenvalue weighted by Crippen LogP contribution is 2.29. The number of hydrogen-bond acceptors (Lipinski definition) is 4. The van der Waals surface area contributed by atoms with E-state index in [2.05, 4.69) is 20.2 Å². The molecule has 0 aliphatic carbocycles.